The first-order valence-electron chi connectivity index (χ1n) is 7.06. The van der Waals surface area contributed by atoms with Crippen LogP contribution in [-0.2, 0) is 4.74 Å². The van der Waals surface area contributed by atoms with Crippen molar-refractivity contribution in [2.45, 2.75) is 46.1 Å². The van der Waals surface area contributed by atoms with E-state index in [0.29, 0.717) is 12.0 Å². The smallest absolute Gasteiger partial charge is 0.208 e. The minimum atomic E-state index is 0.562. The second-order valence-corrected chi connectivity index (χ2v) is 5.05. The van der Waals surface area contributed by atoms with Crippen LogP contribution in [-0.4, -0.2) is 43.2 Å². The third kappa shape index (κ3) is 4.46. The third-order valence-electron chi connectivity index (χ3n) is 3.38. The summed E-state index contributed by atoms with van der Waals surface area (Å²) in [5.41, 5.74) is 2.75. The summed E-state index contributed by atoms with van der Waals surface area (Å²) in [6.07, 6.45) is 3.40. The van der Waals surface area contributed by atoms with E-state index in [2.05, 4.69) is 29.2 Å². The predicted octanol–water partition coefficient (Wildman–Crippen LogP) is 1.35. The second-order valence-electron chi connectivity index (χ2n) is 5.05. The molecule has 0 aromatic heterocycles. The fourth-order valence-electron chi connectivity index (χ4n) is 2.46. The van der Waals surface area contributed by atoms with Crippen LogP contribution in [0.4, 0.5) is 0 Å². The van der Waals surface area contributed by atoms with E-state index in [1.54, 1.807) is 0 Å². The van der Waals surface area contributed by atoms with Crippen LogP contribution in [0.15, 0.2) is 4.99 Å². The van der Waals surface area contributed by atoms with Crippen LogP contribution in [0.3, 0.4) is 0 Å². The van der Waals surface area contributed by atoms with Crippen molar-refractivity contribution in [3.05, 3.63) is 0 Å². The lowest BCUT2D eigenvalue weighted by atomic mass is 10.0. The number of rotatable bonds is 6. The maximum atomic E-state index is 5.60. The number of ether oxygens (including phenoxy) is 1. The Morgan fingerprint density at radius 2 is 2.33 bits per heavy atom. The van der Waals surface area contributed by atoms with Crippen LogP contribution in [0.1, 0.15) is 40.0 Å². The van der Waals surface area contributed by atoms with E-state index >= 15 is 0 Å². The van der Waals surface area contributed by atoms with Gasteiger partial charge in [-0.15, -0.1) is 0 Å². The van der Waals surface area contributed by atoms with Gasteiger partial charge < -0.3 is 9.64 Å². The molecule has 3 N–H and O–H groups in total. The minimum Gasteiger partial charge on any atom is -0.382 e. The van der Waals surface area contributed by atoms with Gasteiger partial charge in [0, 0.05) is 32.3 Å². The number of guanidine groups is 1. The summed E-state index contributed by atoms with van der Waals surface area (Å²) in [6.45, 7) is 9.88. The molecule has 1 rings (SSSR count). The molecule has 1 aliphatic heterocycles. The van der Waals surface area contributed by atoms with Crippen molar-refractivity contribution in [2.75, 3.05) is 26.3 Å². The molecular weight excluding hydrogens is 228 g/mol. The number of hydrazine groups is 1. The lowest BCUT2D eigenvalue weighted by Gasteiger charge is -2.30. The molecule has 1 aliphatic rings. The summed E-state index contributed by atoms with van der Waals surface area (Å²) in [4.78, 5) is 6.87. The van der Waals surface area contributed by atoms with Gasteiger partial charge in [-0.1, -0.05) is 13.8 Å². The molecule has 1 fully saturated rings. The van der Waals surface area contributed by atoms with Crippen molar-refractivity contribution in [1.29, 1.82) is 0 Å². The number of aliphatic imine (C=N–C) groups is 1. The van der Waals surface area contributed by atoms with E-state index < -0.39 is 0 Å². The molecule has 5 heteroatoms. The van der Waals surface area contributed by atoms with Crippen molar-refractivity contribution in [3.63, 3.8) is 0 Å². The van der Waals surface area contributed by atoms with Crippen molar-refractivity contribution >= 4 is 5.96 Å². The monoisotopic (exact) mass is 256 g/mol. The molecule has 0 bridgehead atoms. The van der Waals surface area contributed by atoms with Gasteiger partial charge in [-0.25, -0.2) is 5.84 Å². The second kappa shape index (κ2) is 8.32. The van der Waals surface area contributed by atoms with Gasteiger partial charge in [0.05, 0.1) is 0 Å². The Balaban J connectivity index is 2.46. The molecule has 0 spiro atoms. The summed E-state index contributed by atoms with van der Waals surface area (Å²) in [5, 5.41) is 0. The Morgan fingerprint density at radius 3 is 2.94 bits per heavy atom. The molecule has 1 unspecified atom stereocenters. The molecule has 0 aromatic rings. The normalized spacial score (nSPS) is 20.8. The highest BCUT2D eigenvalue weighted by atomic mass is 16.5. The predicted molar refractivity (Wildman–Crippen MR) is 75.3 cm³/mol. The van der Waals surface area contributed by atoms with Crippen LogP contribution < -0.4 is 11.3 Å². The van der Waals surface area contributed by atoms with Gasteiger partial charge in [0.25, 0.3) is 0 Å². The molecule has 106 valence electrons. The summed E-state index contributed by atoms with van der Waals surface area (Å²) in [5.74, 6) is 7.07. The number of likely N-dealkylation sites (tertiary alicyclic amines) is 1. The van der Waals surface area contributed by atoms with E-state index in [1.165, 1.54) is 12.8 Å². The Bertz CT molecular complexity index is 255. The number of nitrogens with zero attached hydrogens (tertiary/aromatic N) is 2. The van der Waals surface area contributed by atoms with Crippen molar-refractivity contribution in [3.8, 4) is 0 Å². The molecule has 0 radical (unpaired) electrons. The SMILES string of the molecule is CCOCCCN=C(NN)N1CCCC1C(C)C. The molecule has 0 aromatic carbocycles. The first kappa shape index (κ1) is 15.2. The first-order chi connectivity index (χ1) is 8.70. The highest BCUT2D eigenvalue weighted by molar-refractivity contribution is 5.80. The molecule has 0 saturated carbocycles. The van der Waals surface area contributed by atoms with Gasteiger partial charge >= 0.3 is 0 Å². The maximum absolute atomic E-state index is 5.60. The Morgan fingerprint density at radius 1 is 1.56 bits per heavy atom. The zero-order valence-electron chi connectivity index (χ0n) is 12.0. The molecule has 18 heavy (non-hydrogen) atoms. The van der Waals surface area contributed by atoms with Gasteiger partial charge in [-0.05, 0) is 32.1 Å². The molecular formula is C13H28N4O. The largest absolute Gasteiger partial charge is 0.382 e. The molecule has 0 amide bonds. The fourth-order valence-corrected chi connectivity index (χ4v) is 2.46. The van der Waals surface area contributed by atoms with Gasteiger partial charge in [0.2, 0.25) is 5.96 Å². The van der Waals surface area contributed by atoms with Crippen molar-refractivity contribution < 1.29 is 4.74 Å². The highest BCUT2D eigenvalue weighted by Crippen LogP contribution is 2.23. The average molecular weight is 256 g/mol. The zero-order valence-corrected chi connectivity index (χ0v) is 12.0. The topological polar surface area (TPSA) is 62.9 Å². The Labute approximate surface area is 111 Å². The van der Waals surface area contributed by atoms with Crippen molar-refractivity contribution in [2.24, 2.45) is 16.8 Å². The number of hydrogen-bond acceptors (Lipinski definition) is 3. The number of hydrogen-bond donors (Lipinski definition) is 2. The maximum Gasteiger partial charge on any atom is 0.208 e. The lowest BCUT2D eigenvalue weighted by Crippen LogP contribution is -2.48. The van der Waals surface area contributed by atoms with Crippen LogP contribution >= 0.6 is 0 Å². The molecule has 0 aliphatic carbocycles. The summed E-state index contributed by atoms with van der Waals surface area (Å²) >= 11 is 0. The van der Waals surface area contributed by atoms with E-state index in [1.807, 2.05) is 6.92 Å². The quantitative estimate of drug-likeness (QED) is 0.248. The van der Waals surface area contributed by atoms with E-state index in [0.717, 1.165) is 38.7 Å². The average Bonchev–Trinajstić information content (AvgIpc) is 2.83. The van der Waals surface area contributed by atoms with Crippen LogP contribution in [0.25, 0.3) is 0 Å². The number of nitrogens with two attached hydrogens (primary N) is 1. The van der Waals surface area contributed by atoms with Gasteiger partial charge in [-0.2, -0.15) is 0 Å². The molecule has 1 saturated heterocycles. The minimum absolute atomic E-state index is 0.562. The summed E-state index contributed by atoms with van der Waals surface area (Å²) in [6, 6.07) is 0.562. The Kier molecular flexibility index (Phi) is 7.05. The first-order valence-corrected chi connectivity index (χ1v) is 7.06. The Hall–Kier alpha value is -0.810. The van der Waals surface area contributed by atoms with E-state index in [4.69, 9.17) is 10.6 Å². The van der Waals surface area contributed by atoms with E-state index in [-0.39, 0.29) is 0 Å². The van der Waals surface area contributed by atoms with E-state index in [9.17, 15) is 0 Å². The van der Waals surface area contributed by atoms with Crippen LogP contribution in [0, 0.1) is 5.92 Å². The van der Waals surface area contributed by atoms with Crippen LogP contribution in [0.2, 0.25) is 0 Å². The molecule has 1 heterocycles. The molecule has 5 nitrogen and oxygen atoms in total. The third-order valence-corrected chi connectivity index (χ3v) is 3.38. The van der Waals surface area contributed by atoms with Gasteiger partial charge in [0.1, 0.15) is 0 Å². The van der Waals surface area contributed by atoms with Crippen molar-refractivity contribution in [1.82, 2.24) is 10.3 Å². The lowest BCUT2D eigenvalue weighted by molar-refractivity contribution is 0.146. The standard InChI is InChI=1S/C13H28N4O/c1-4-18-10-6-8-15-13(16-14)17-9-5-7-12(17)11(2)3/h11-12H,4-10,14H2,1-3H3,(H,15,16). The summed E-state index contributed by atoms with van der Waals surface area (Å²) in [7, 11) is 0. The van der Waals surface area contributed by atoms with Gasteiger partial charge in [0.15, 0.2) is 0 Å². The highest BCUT2D eigenvalue weighted by Gasteiger charge is 2.29. The van der Waals surface area contributed by atoms with Gasteiger partial charge in [-0.3, -0.25) is 10.4 Å². The number of nitrogens with one attached hydrogen (secondary N) is 1. The molecule has 1 atom stereocenters. The summed E-state index contributed by atoms with van der Waals surface area (Å²) < 4.78 is 5.30. The fraction of sp³-hybridized carbons (Fsp3) is 0.923. The zero-order chi connectivity index (χ0) is 13.4. The van der Waals surface area contributed by atoms with Crippen LogP contribution in [0.5, 0.6) is 0 Å².